The number of aliphatic hydroxyl groups excluding tert-OH is 1. The Morgan fingerprint density at radius 1 is 1.38 bits per heavy atom. The van der Waals surface area contributed by atoms with Crippen molar-refractivity contribution >= 4 is 5.91 Å². The van der Waals surface area contributed by atoms with E-state index in [9.17, 15) is 9.90 Å². The van der Waals surface area contributed by atoms with Crippen LogP contribution < -0.4 is 10.1 Å². The maximum Gasteiger partial charge on any atom is 0.255 e. The summed E-state index contributed by atoms with van der Waals surface area (Å²) in [7, 11) is 0. The minimum atomic E-state index is -0.196. The monoisotopic (exact) mass is 289 g/mol. The van der Waals surface area contributed by atoms with Crippen LogP contribution in [-0.4, -0.2) is 29.8 Å². The van der Waals surface area contributed by atoms with Gasteiger partial charge in [-0.2, -0.15) is 0 Å². The van der Waals surface area contributed by atoms with Gasteiger partial charge in [-0.15, -0.1) is 0 Å². The lowest BCUT2D eigenvalue weighted by molar-refractivity contribution is 0.0940. The van der Waals surface area contributed by atoms with Crippen LogP contribution in [0.25, 0.3) is 0 Å². The van der Waals surface area contributed by atoms with E-state index >= 15 is 0 Å². The fourth-order valence-electron chi connectivity index (χ4n) is 3.33. The zero-order valence-electron chi connectivity index (χ0n) is 12.6. The van der Waals surface area contributed by atoms with E-state index in [-0.39, 0.29) is 18.1 Å². The van der Waals surface area contributed by atoms with Gasteiger partial charge in [0.2, 0.25) is 0 Å². The van der Waals surface area contributed by atoms with E-state index in [0.717, 1.165) is 30.6 Å². The van der Waals surface area contributed by atoms with Gasteiger partial charge >= 0.3 is 0 Å². The second-order valence-electron chi connectivity index (χ2n) is 6.38. The molecular formula is C17H23NO3. The van der Waals surface area contributed by atoms with Gasteiger partial charge in [0.05, 0.1) is 11.7 Å². The zero-order valence-corrected chi connectivity index (χ0v) is 12.6. The molecule has 2 aliphatic rings. The van der Waals surface area contributed by atoms with E-state index in [1.54, 1.807) is 0 Å². The molecule has 1 saturated carbocycles. The quantitative estimate of drug-likeness (QED) is 0.898. The molecule has 0 saturated heterocycles. The Kier molecular flexibility index (Phi) is 3.89. The number of hydrogen-bond donors (Lipinski definition) is 2. The highest BCUT2D eigenvalue weighted by Gasteiger charge is 2.31. The SMILES string of the molecule is CC1Oc2c(C(=O)NCC3CCC(O)C3)cccc2C1C. The van der Waals surface area contributed by atoms with Gasteiger partial charge in [-0.25, -0.2) is 0 Å². The van der Waals surface area contributed by atoms with Gasteiger partial charge in [-0.05, 0) is 38.2 Å². The molecule has 2 N–H and O–H groups in total. The topological polar surface area (TPSA) is 58.6 Å². The summed E-state index contributed by atoms with van der Waals surface area (Å²) in [5.74, 6) is 1.37. The highest BCUT2D eigenvalue weighted by atomic mass is 16.5. The number of carbonyl (C=O) groups is 1. The largest absolute Gasteiger partial charge is 0.489 e. The summed E-state index contributed by atoms with van der Waals surface area (Å²) in [5.41, 5.74) is 1.74. The molecule has 1 aliphatic heterocycles. The third-order valence-electron chi connectivity index (χ3n) is 4.85. The van der Waals surface area contributed by atoms with Crippen LogP contribution in [0.5, 0.6) is 5.75 Å². The minimum absolute atomic E-state index is 0.0745. The van der Waals surface area contributed by atoms with E-state index in [2.05, 4.69) is 12.2 Å². The second-order valence-corrected chi connectivity index (χ2v) is 6.38. The summed E-state index contributed by atoms with van der Waals surface area (Å²) < 4.78 is 5.86. The van der Waals surface area contributed by atoms with Crippen LogP contribution >= 0.6 is 0 Å². The van der Waals surface area contributed by atoms with Gasteiger partial charge in [0.1, 0.15) is 11.9 Å². The number of para-hydroxylation sites is 1. The Balaban J connectivity index is 1.69. The van der Waals surface area contributed by atoms with Gasteiger partial charge in [-0.1, -0.05) is 19.1 Å². The molecule has 4 unspecified atom stereocenters. The molecule has 1 heterocycles. The van der Waals surface area contributed by atoms with E-state index in [1.807, 2.05) is 25.1 Å². The number of benzene rings is 1. The molecule has 1 fully saturated rings. The maximum absolute atomic E-state index is 12.4. The van der Waals surface area contributed by atoms with Crippen molar-refractivity contribution in [3.63, 3.8) is 0 Å². The van der Waals surface area contributed by atoms with Crippen LogP contribution in [0.4, 0.5) is 0 Å². The molecule has 21 heavy (non-hydrogen) atoms. The number of rotatable bonds is 3. The first-order valence-electron chi connectivity index (χ1n) is 7.82. The van der Waals surface area contributed by atoms with Crippen molar-refractivity contribution in [1.82, 2.24) is 5.32 Å². The van der Waals surface area contributed by atoms with Gasteiger partial charge in [0.15, 0.2) is 0 Å². The van der Waals surface area contributed by atoms with Crippen LogP contribution in [0.15, 0.2) is 18.2 Å². The summed E-state index contributed by atoms with van der Waals surface area (Å²) in [6.07, 6.45) is 2.53. The number of carbonyl (C=O) groups excluding carboxylic acids is 1. The molecule has 4 nitrogen and oxygen atoms in total. The van der Waals surface area contributed by atoms with Crippen LogP contribution in [-0.2, 0) is 0 Å². The van der Waals surface area contributed by atoms with Crippen molar-refractivity contribution in [2.45, 2.75) is 51.2 Å². The lowest BCUT2D eigenvalue weighted by atomic mass is 9.96. The van der Waals surface area contributed by atoms with Gasteiger partial charge < -0.3 is 15.2 Å². The second kappa shape index (κ2) is 5.68. The number of ether oxygens (including phenoxy) is 1. The van der Waals surface area contributed by atoms with Gasteiger partial charge in [0.25, 0.3) is 5.91 Å². The summed E-state index contributed by atoms with van der Waals surface area (Å²) in [6.45, 7) is 4.79. The van der Waals surface area contributed by atoms with Crippen LogP contribution in [0.2, 0.25) is 0 Å². The summed E-state index contributed by atoms with van der Waals surface area (Å²) in [5, 5.41) is 12.5. The Bertz CT molecular complexity index is 543. The Morgan fingerprint density at radius 3 is 2.90 bits per heavy atom. The standard InChI is InChI=1S/C17H23NO3/c1-10-11(2)21-16-14(10)4-3-5-15(16)17(20)18-9-12-6-7-13(19)8-12/h3-5,10-13,19H,6-9H2,1-2H3,(H,18,20). The summed E-state index contributed by atoms with van der Waals surface area (Å²) in [6, 6.07) is 5.78. The number of fused-ring (bicyclic) bond motifs is 1. The first-order valence-corrected chi connectivity index (χ1v) is 7.82. The Morgan fingerprint density at radius 2 is 2.19 bits per heavy atom. The van der Waals surface area contributed by atoms with E-state index < -0.39 is 0 Å². The molecule has 1 aromatic carbocycles. The fourth-order valence-corrected chi connectivity index (χ4v) is 3.33. The first-order chi connectivity index (χ1) is 10.1. The summed E-state index contributed by atoms with van der Waals surface area (Å²) >= 11 is 0. The van der Waals surface area contributed by atoms with Crippen molar-refractivity contribution < 1.29 is 14.6 Å². The summed E-state index contributed by atoms with van der Waals surface area (Å²) in [4.78, 5) is 12.4. The predicted molar refractivity (Wildman–Crippen MR) is 80.6 cm³/mol. The average molecular weight is 289 g/mol. The fraction of sp³-hybridized carbons (Fsp3) is 0.588. The number of hydrogen-bond acceptors (Lipinski definition) is 3. The van der Waals surface area contributed by atoms with E-state index in [1.165, 1.54) is 0 Å². The molecule has 4 atom stereocenters. The highest BCUT2D eigenvalue weighted by molar-refractivity contribution is 5.97. The molecule has 0 aromatic heterocycles. The molecule has 3 rings (SSSR count). The molecule has 1 aromatic rings. The van der Waals surface area contributed by atoms with Crippen molar-refractivity contribution in [3.05, 3.63) is 29.3 Å². The Hall–Kier alpha value is -1.55. The van der Waals surface area contributed by atoms with Crippen molar-refractivity contribution in [1.29, 1.82) is 0 Å². The third kappa shape index (κ3) is 2.77. The first kappa shape index (κ1) is 14.4. The highest BCUT2D eigenvalue weighted by Crippen LogP contribution is 2.40. The van der Waals surface area contributed by atoms with Crippen LogP contribution in [0.3, 0.4) is 0 Å². The Labute approximate surface area is 125 Å². The zero-order chi connectivity index (χ0) is 15.0. The van der Waals surface area contributed by atoms with E-state index in [4.69, 9.17) is 4.74 Å². The normalized spacial score (nSPS) is 30.8. The predicted octanol–water partition coefficient (Wildman–Crippen LogP) is 2.46. The molecule has 0 bridgehead atoms. The third-order valence-corrected chi connectivity index (χ3v) is 4.85. The minimum Gasteiger partial charge on any atom is -0.489 e. The van der Waals surface area contributed by atoms with Gasteiger partial charge in [-0.3, -0.25) is 4.79 Å². The number of aliphatic hydroxyl groups is 1. The molecule has 114 valence electrons. The molecule has 4 heteroatoms. The molecule has 1 aliphatic carbocycles. The molecular weight excluding hydrogens is 266 g/mol. The lowest BCUT2D eigenvalue weighted by Crippen LogP contribution is -2.29. The molecule has 0 radical (unpaired) electrons. The molecule has 0 spiro atoms. The van der Waals surface area contributed by atoms with Crippen molar-refractivity contribution in [3.8, 4) is 5.75 Å². The maximum atomic E-state index is 12.4. The average Bonchev–Trinajstić information content (AvgIpc) is 3.01. The lowest BCUT2D eigenvalue weighted by Gasteiger charge is -2.13. The van der Waals surface area contributed by atoms with Gasteiger partial charge in [0, 0.05) is 18.0 Å². The number of amides is 1. The van der Waals surface area contributed by atoms with Crippen LogP contribution in [0.1, 0.15) is 54.9 Å². The van der Waals surface area contributed by atoms with Crippen molar-refractivity contribution in [2.24, 2.45) is 5.92 Å². The smallest absolute Gasteiger partial charge is 0.255 e. The van der Waals surface area contributed by atoms with E-state index in [0.29, 0.717) is 23.9 Å². The van der Waals surface area contributed by atoms with Crippen LogP contribution in [0, 0.1) is 5.92 Å². The van der Waals surface area contributed by atoms with Crippen molar-refractivity contribution in [2.75, 3.05) is 6.54 Å². The molecule has 1 amide bonds. The number of nitrogens with one attached hydrogen (secondary N) is 1.